The standard InChI is InChI=1S/C22H12F5N3O2/c23-14-7-8-15(16(24)10-14)18-20(29-22(27)32-21(25)26)28-17-9-6-13(11-30(17)18)19(31)12-4-2-1-3-5-12/h1-11,21H. The molecule has 10 heteroatoms. The molecule has 0 aliphatic heterocycles. The summed E-state index contributed by atoms with van der Waals surface area (Å²) in [6.07, 6.45) is -0.575. The van der Waals surface area contributed by atoms with E-state index in [0.29, 0.717) is 11.6 Å². The van der Waals surface area contributed by atoms with E-state index in [1.807, 2.05) is 0 Å². The zero-order valence-electron chi connectivity index (χ0n) is 16.0. The molecule has 0 amide bonds. The Kier molecular flexibility index (Phi) is 5.67. The first-order valence-corrected chi connectivity index (χ1v) is 9.10. The molecule has 2 heterocycles. The summed E-state index contributed by atoms with van der Waals surface area (Å²) in [5, 5.41) is 0. The second kappa shape index (κ2) is 8.58. The van der Waals surface area contributed by atoms with E-state index in [0.717, 1.165) is 12.1 Å². The second-order valence-corrected chi connectivity index (χ2v) is 6.49. The van der Waals surface area contributed by atoms with Gasteiger partial charge in [-0.05, 0) is 24.3 Å². The van der Waals surface area contributed by atoms with Gasteiger partial charge in [-0.15, -0.1) is 4.39 Å². The zero-order chi connectivity index (χ0) is 22.8. The van der Waals surface area contributed by atoms with Gasteiger partial charge in [0.25, 0.3) is 0 Å². The van der Waals surface area contributed by atoms with Crippen molar-refractivity contribution in [3.05, 3.63) is 89.6 Å². The van der Waals surface area contributed by atoms with E-state index in [-0.39, 0.29) is 28.3 Å². The largest absolute Gasteiger partial charge is 0.393 e. The van der Waals surface area contributed by atoms with Crippen LogP contribution in [0.3, 0.4) is 0 Å². The molecule has 5 nitrogen and oxygen atoms in total. The van der Waals surface area contributed by atoms with Gasteiger partial charge in [-0.1, -0.05) is 30.3 Å². The number of benzene rings is 2. The minimum Gasteiger partial charge on any atom is -0.393 e. The van der Waals surface area contributed by atoms with Crippen molar-refractivity contribution < 1.29 is 31.5 Å². The summed E-state index contributed by atoms with van der Waals surface area (Å²) in [5.74, 6) is -2.75. The molecule has 0 fully saturated rings. The van der Waals surface area contributed by atoms with Crippen molar-refractivity contribution in [3.63, 3.8) is 0 Å². The predicted octanol–water partition coefficient (Wildman–Crippen LogP) is 5.71. The molecule has 0 atom stereocenters. The average Bonchev–Trinajstić information content (AvgIpc) is 3.10. The van der Waals surface area contributed by atoms with Gasteiger partial charge in [-0.25, -0.2) is 13.8 Å². The Balaban J connectivity index is 1.92. The molecule has 0 bridgehead atoms. The van der Waals surface area contributed by atoms with Crippen LogP contribution >= 0.6 is 0 Å². The predicted molar refractivity (Wildman–Crippen MR) is 106 cm³/mol. The fourth-order valence-electron chi connectivity index (χ4n) is 3.12. The molecule has 0 saturated heterocycles. The lowest BCUT2D eigenvalue weighted by Crippen LogP contribution is -2.04. The van der Waals surface area contributed by atoms with E-state index < -0.39 is 30.2 Å². The maximum Gasteiger partial charge on any atom is 0.390 e. The average molecular weight is 445 g/mol. The molecular formula is C22H12F5N3O2. The Hall–Kier alpha value is -4.08. The van der Waals surface area contributed by atoms with E-state index >= 15 is 0 Å². The normalized spacial score (nSPS) is 11.9. The van der Waals surface area contributed by atoms with Crippen molar-refractivity contribution in [2.45, 2.75) is 6.61 Å². The van der Waals surface area contributed by atoms with Crippen LogP contribution in [0.25, 0.3) is 16.9 Å². The first-order chi connectivity index (χ1) is 15.3. The maximum atomic E-state index is 14.6. The topological polar surface area (TPSA) is 56.0 Å². The summed E-state index contributed by atoms with van der Waals surface area (Å²) >= 11 is 0. The summed E-state index contributed by atoms with van der Waals surface area (Å²) in [6, 6.07) is 13.8. The van der Waals surface area contributed by atoms with Gasteiger partial charge < -0.3 is 4.74 Å². The van der Waals surface area contributed by atoms with Gasteiger partial charge in [0, 0.05) is 29.0 Å². The van der Waals surface area contributed by atoms with E-state index in [1.165, 1.54) is 22.7 Å². The van der Waals surface area contributed by atoms with Gasteiger partial charge in [-0.2, -0.15) is 13.8 Å². The second-order valence-electron chi connectivity index (χ2n) is 6.49. The van der Waals surface area contributed by atoms with Crippen LogP contribution in [0.4, 0.5) is 27.8 Å². The van der Waals surface area contributed by atoms with Crippen LogP contribution in [-0.2, 0) is 4.74 Å². The van der Waals surface area contributed by atoms with Gasteiger partial charge in [0.2, 0.25) is 0 Å². The molecule has 32 heavy (non-hydrogen) atoms. The number of alkyl halides is 2. The van der Waals surface area contributed by atoms with E-state index in [4.69, 9.17) is 0 Å². The van der Waals surface area contributed by atoms with Crippen LogP contribution in [0, 0.1) is 11.6 Å². The maximum absolute atomic E-state index is 14.6. The molecule has 0 saturated carbocycles. The SMILES string of the molecule is O=C(c1ccccc1)c1ccc2nc(N=C(F)OC(F)F)c(-c3ccc(F)cc3F)n2c1. The Morgan fingerprint density at radius 1 is 1.00 bits per heavy atom. The quantitative estimate of drug-likeness (QED) is 0.171. The number of hydrogen-bond donors (Lipinski definition) is 0. The number of ether oxygens (including phenoxy) is 1. The molecule has 0 N–H and O–H groups in total. The lowest BCUT2D eigenvalue weighted by molar-refractivity contribution is -0.0688. The van der Waals surface area contributed by atoms with Gasteiger partial charge in [0.05, 0.1) is 0 Å². The number of fused-ring (bicyclic) bond motifs is 1. The third-order valence-corrected chi connectivity index (χ3v) is 4.46. The first kappa shape index (κ1) is 21.2. The Bertz CT molecular complexity index is 1340. The van der Waals surface area contributed by atoms with Crippen LogP contribution < -0.4 is 0 Å². The minimum atomic E-state index is -3.48. The van der Waals surface area contributed by atoms with Crippen LogP contribution in [0.2, 0.25) is 0 Å². The third kappa shape index (κ3) is 4.20. The fourth-order valence-corrected chi connectivity index (χ4v) is 3.12. The number of carbonyl (C=O) groups excluding carboxylic acids is 1. The third-order valence-electron chi connectivity index (χ3n) is 4.46. The minimum absolute atomic E-state index is 0.108. The number of ketones is 1. The van der Waals surface area contributed by atoms with Crippen LogP contribution in [0.1, 0.15) is 15.9 Å². The highest BCUT2D eigenvalue weighted by atomic mass is 19.3. The van der Waals surface area contributed by atoms with Crippen LogP contribution in [0.5, 0.6) is 0 Å². The molecule has 0 unspecified atom stereocenters. The molecule has 2 aromatic carbocycles. The Labute approximate surface area is 177 Å². The van der Waals surface area contributed by atoms with Gasteiger partial charge in [-0.3, -0.25) is 9.20 Å². The zero-order valence-corrected chi connectivity index (χ0v) is 16.0. The molecule has 0 radical (unpaired) electrons. The molecule has 0 aliphatic carbocycles. The number of pyridine rings is 1. The number of hydrogen-bond acceptors (Lipinski definition) is 4. The van der Waals surface area contributed by atoms with E-state index in [2.05, 4.69) is 14.7 Å². The molecule has 2 aromatic heterocycles. The van der Waals surface area contributed by atoms with Gasteiger partial charge in [0.15, 0.2) is 11.6 Å². The van der Waals surface area contributed by atoms with Crippen LogP contribution in [0.15, 0.2) is 71.9 Å². The number of carbonyl (C=O) groups is 1. The van der Waals surface area contributed by atoms with E-state index in [9.17, 15) is 26.7 Å². The molecule has 0 aliphatic rings. The summed E-state index contributed by atoms with van der Waals surface area (Å²) in [4.78, 5) is 20.1. The number of nitrogens with zero attached hydrogens (tertiary/aromatic N) is 3. The van der Waals surface area contributed by atoms with Gasteiger partial charge in [0.1, 0.15) is 23.0 Å². The van der Waals surface area contributed by atoms with Crippen molar-refractivity contribution in [2.24, 2.45) is 4.99 Å². The number of aliphatic imine (C=N–C) groups is 1. The summed E-state index contributed by atoms with van der Waals surface area (Å²) in [5.41, 5.74) is 0.248. The lowest BCUT2D eigenvalue weighted by atomic mass is 10.1. The Morgan fingerprint density at radius 2 is 1.75 bits per heavy atom. The highest BCUT2D eigenvalue weighted by Crippen LogP contribution is 2.34. The highest BCUT2D eigenvalue weighted by molar-refractivity contribution is 6.09. The smallest absolute Gasteiger partial charge is 0.390 e. The molecule has 162 valence electrons. The van der Waals surface area contributed by atoms with Gasteiger partial charge >= 0.3 is 12.8 Å². The molecule has 4 aromatic rings. The first-order valence-electron chi connectivity index (χ1n) is 9.10. The molecule has 0 spiro atoms. The van der Waals surface area contributed by atoms with Crippen molar-refractivity contribution in [2.75, 3.05) is 0 Å². The number of aromatic nitrogens is 2. The summed E-state index contributed by atoms with van der Waals surface area (Å²) < 4.78 is 71.2. The van der Waals surface area contributed by atoms with Crippen molar-refractivity contribution in [3.8, 4) is 11.3 Å². The van der Waals surface area contributed by atoms with Crippen molar-refractivity contribution in [1.82, 2.24) is 9.38 Å². The monoisotopic (exact) mass is 445 g/mol. The van der Waals surface area contributed by atoms with Crippen molar-refractivity contribution >= 4 is 23.4 Å². The lowest BCUT2D eigenvalue weighted by Gasteiger charge is -2.07. The highest BCUT2D eigenvalue weighted by Gasteiger charge is 2.21. The summed E-state index contributed by atoms with van der Waals surface area (Å²) in [6.45, 7) is -3.48. The number of halogens is 5. The molecular weight excluding hydrogens is 433 g/mol. The molecule has 4 rings (SSSR count). The summed E-state index contributed by atoms with van der Waals surface area (Å²) in [7, 11) is 0. The number of rotatable bonds is 5. The Morgan fingerprint density at radius 3 is 2.44 bits per heavy atom. The van der Waals surface area contributed by atoms with Crippen LogP contribution in [-0.4, -0.2) is 27.9 Å². The van der Waals surface area contributed by atoms with E-state index in [1.54, 1.807) is 30.3 Å². The van der Waals surface area contributed by atoms with Crippen molar-refractivity contribution in [1.29, 1.82) is 0 Å². The number of imidazole rings is 1. The fraction of sp³-hybridized carbons (Fsp3) is 0.0455.